The summed E-state index contributed by atoms with van der Waals surface area (Å²) in [6.45, 7) is 7.67. The summed E-state index contributed by atoms with van der Waals surface area (Å²) >= 11 is 0. The van der Waals surface area contributed by atoms with E-state index >= 15 is 0 Å². The Morgan fingerprint density at radius 2 is 1.51 bits per heavy atom. The molecule has 0 fully saturated rings. The third-order valence-corrected chi connectivity index (χ3v) is 5.54. The highest BCUT2D eigenvalue weighted by atomic mass is 16.6. The molecule has 0 aliphatic heterocycles. The lowest BCUT2D eigenvalue weighted by Crippen LogP contribution is -2.43. The number of amides is 2. The average Bonchev–Trinajstić information content (AvgIpc) is 3.12. The summed E-state index contributed by atoms with van der Waals surface area (Å²) in [7, 11) is 0. The standard InChI is InChI=1S/C27H34N2O6/c1-5-33-24(30)23(15-10-16-28-25(31)35-27(2,3)4)29-26(32)34-17-22-20-13-8-6-11-18(20)19-12-7-9-14-21(19)22/h6-9,11-14,22-23H,5,10,15-17H2,1-4H3,(H,28,31)(H,29,32)/t23-/m1/s1. The van der Waals surface area contributed by atoms with Gasteiger partial charge in [-0.2, -0.15) is 0 Å². The minimum atomic E-state index is -0.883. The molecule has 0 spiro atoms. The molecule has 2 N–H and O–H groups in total. The van der Waals surface area contributed by atoms with Crippen molar-refractivity contribution in [1.82, 2.24) is 10.6 Å². The molecule has 0 saturated carbocycles. The molecule has 35 heavy (non-hydrogen) atoms. The third-order valence-electron chi connectivity index (χ3n) is 5.54. The molecule has 2 aromatic rings. The summed E-state index contributed by atoms with van der Waals surface area (Å²) in [6.07, 6.45) is -0.509. The summed E-state index contributed by atoms with van der Waals surface area (Å²) in [6, 6.07) is 15.3. The van der Waals surface area contributed by atoms with Crippen LogP contribution in [-0.4, -0.2) is 49.6 Å². The highest BCUT2D eigenvalue weighted by molar-refractivity contribution is 5.82. The van der Waals surface area contributed by atoms with Crippen molar-refractivity contribution < 1.29 is 28.6 Å². The number of nitrogens with one attached hydrogen (secondary N) is 2. The van der Waals surface area contributed by atoms with Crippen LogP contribution in [0.25, 0.3) is 11.1 Å². The molecular weight excluding hydrogens is 448 g/mol. The SMILES string of the molecule is CCOC(=O)[C@@H](CCCNC(=O)OC(C)(C)C)NC(=O)OCC1c2ccccc2-c2ccccc21. The van der Waals surface area contributed by atoms with Crippen LogP contribution in [0.2, 0.25) is 0 Å². The molecule has 2 amide bonds. The lowest BCUT2D eigenvalue weighted by Gasteiger charge is -2.20. The Balaban J connectivity index is 1.54. The van der Waals surface area contributed by atoms with Crippen molar-refractivity contribution in [2.24, 2.45) is 0 Å². The van der Waals surface area contributed by atoms with E-state index in [4.69, 9.17) is 14.2 Å². The average molecular weight is 483 g/mol. The van der Waals surface area contributed by atoms with Gasteiger partial charge in [-0.15, -0.1) is 0 Å². The van der Waals surface area contributed by atoms with Gasteiger partial charge in [-0.05, 0) is 62.8 Å². The van der Waals surface area contributed by atoms with E-state index in [0.29, 0.717) is 6.42 Å². The first-order chi connectivity index (χ1) is 16.7. The molecule has 1 aliphatic carbocycles. The van der Waals surface area contributed by atoms with Crippen molar-refractivity contribution >= 4 is 18.2 Å². The monoisotopic (exact) mass is 482 g/mol. The van der Waals surface area contributed by atoms with Crippen LogP contribution in [0.4, 0.5) is 9.59 Å². The molecule has 0 unspecified atom stereocenters. The van der Waals surface area contributed by atoms with Gasteiger partial charge < -0.3 is 24.8 Å². The summed E-state index contributed by atoms with van der Waals surface area (Å²) < 4.78 is 15.8. The Hall–Kier alpha value is -3.55. The van der Waals surface area contributed by atoms with Crippen molar-refractivity contribution in [3.63, 3.8) is 0 Å². The maximum Gasteiger partial charge on any atom is 0.407 e. The van der Waals surface area contributed by atoms with Gasteiger partial charge in [0, 0.05) is 12.5 Å². The van der Waals surface area contributed by atoms with Gasteiger partial charge in [-0.3, -0.25) is 0 Å². The van der Waals surface area contributed by atoms with E-state index in [0.717, 1.165) is 22.3 Å². The molecule has 0 heterocycles. The smallest absolute Gasteiger partial charge is 0.407 e. The first-order valence-corrected chi connectivity index (χ1v) is 11.9. The fraction of sp³-hybridized carbons (Fsp3) is 0.444. The Kier molecular flexibility index (Phi) is 8.73. The van der Waals surface area contributed by atoms with Crippen molar-refractivity contribution in [1.29, 1.82) is 0 Å². The molecule has 188 valence electrons. The largest absolute Gasteiger partial charge is 0.464 e. The van der Waals surface area contributed by atoms with Gasteiger partial charge in [0.05, 0.1) is 6.61 Å². The van der Waals surface area contributed by atoms with Crippen molar-refractivity contribution in [2.45, 2.75) is 58.1 Å². The first-order valence-electron chi connectivity index (χ1n) is 11.9. The number of carbonyl (C=O) groups excluding carboxylic acids is 3. The van der Waals surface area contributed by atoms with Gasteiger partial charge >= 0.3 is 18.2 Å². The van der Waals surface area contributed by atoms with E-state index in [1.165, 1.54) is 0 Å². The highest BCUT2D eigenvalue weighted by Gasteiger charge is 2.30. The van der Waals surface area contributed by atoms with Gasteiger partial charge in [0.2, 0.25) is 0 Å². The molecule has 0 aromatic heterocycles. The normalized spacial score (nSPS) is 13.3. The zero-order valence-corrected chi connectivity index (χ0v) is 20.8. The van der Waals surface area contributed by atoms with Crippen LogP contribution in [0.1, 0.15) is 57.6 Å². The summed E-state index contributed by atoms with van der Waals surface area (Å²) in [4.78, 5) is 36.8. The van der Waals surface area contributed by atoms with Crippen LogP contribution < -0.4 is 10.6 Å². The number of rotatable bonds is 9. The number of esters is 1. The fourth-order valence-electron chi connectivity index (χ4n) is 4.08. The molecule has 8 heteroatoms. The van der Waals surface area contributed by atoms with E-state index < -0.39 is 29.8 Å². The Morgan fingerprint density at radius 3 is 2.09 bits per heavy atom. The quantitative estimate of drug-likeness (QED) is 0.303. The lowest BCUT2D eigenvalue weighted by atomic mass is 9.98. The topological polar surface area (TPSA) is 103 Å². The van der Waals surface area contributed by atoms with Crippen LogP contribution in [0, 0.1) is 0 Å². The van der Waals surface area contributed by atoms with Gasteiger partial charge in [0.1, 0.15) is 18.2 Å². The van der Waals surface area contributed by atoms with E-state index in [1.807, 2.05) is 36.4 Å². The zero-order chi connectivity index (χ0) is 25.4. The molecule has 2 aromatic carbocycles. The second-order valence-corrected chi connectivity index (χ2v) is 9.35. The maximum atomic E-state index is 12.6. The third kappa shape index (κ3) is 7.21. The molecule has 0 radical (unpaired) electrons. The van der Waals surface area contributed by atoms with Gasteiger partial charge in [-0.1, -0.05) is 48.5 Å². The fourth-order valence-corrected chi connectivity index (χ4v) is 4.08. The number of hydrogen-bond acceptors (Lipinski definition) is 6. The van der Waals surface area contributed by atoms with Gasteiger partial charge in [0.25, 0.3) is 0 Å². The van der Waals surface area contributed by atoms with Crippen molar-refractivity contribution in [3.05, 3.63) is 59.7 Å². The molecular formula is C27H34N2O6. The summed E-state index contributed by atoms with van der Waals surface area (Å²) in [5.41, 5.74) is 3.90. The number of benzene rings is 2. The number of carbonyl (C=O) groups is 3. The number of ether oxygens (including phenoxy) is 3. The van der Waals surface area contributed by atoms with E-state index in [2.05, 4.69) is 22.8 Å². The zero-order valence-electron chi connectivity index (χ0n) is 20.8. The Bertz CT molecular complexity index is 1000. The highest BCUT2D eigenvalue weighted by Crippen LogP contribution is 2.44. The molecule has 1 aliphatic rings. The molecule has 8 nitrogen and oxygen atoms in total. The van der Waals surface area contributed by atoms with E-state index in [-0.39, 0.29) is 32.1 Å². The van der Waals surface area contributed by atoms with E-state index in [9.17, 15) is 14.4 Å². The van der Waals surface area contributed by atoms with Crippen LogP contribution in [-0.2, 0) is 19.0 Å². The van der Waals surface area contributed by atoms with E-state index in [1.54, 1.807) is 27.7 Å². The van der Waals surface area contributed by atoms with Crippen LogP contribution >= 0.6 is 0 Å². The number of alkyl carbamates (subject to hydrolysis) is 2. The Labute approximate surface area is 206 Å². The van der Waals surface area contributed by atoms with Crippen molar-refractivity contribution in [3.8, 4) is 11.1 Å². The molecule has 0 bridgehead atoms. The molecule has 3 rings (SSSR count). The summed E-state index contributed by atoms with van der Waals surface area (Å²) in [5, 5.41) is 5.26. The number of fused-ring (bicyclic) bond motifs is 3. The maximum absolute atomic E-state index is 12.6. The number of hydrogen-bond donors (Lipinski definition) is 2. The second-order valence-electron chi connectivity index (χ2n) is 9.35. The van der Waals surface area contributed by atoms with Crippen LogP contribution in [0.3, 0.4) is 0 Å². The van der Waals surface area contributed by atoms with Gasteiger partial charge in [-0.25, -0.2) is 14.4 Å². The predicted octanol–water partition coefficient (Wildman–Crippen LogP) is 4.76. The molecule has 0 saturated heterocycles. The van der Waals surface area contributed by atoms with Crippen molar-refractivity contribution in [2.75, 3.05) is 19.8 Å². The lowest BCUT2D eigenvalue weighted by molar-refractivity contribution is -0.145. The minimum absolute atomic E-state index is 0.0766. The first kappa shape index (κ1) is 26.1. The minimum Gasteiger partial charge on any atom is -0.464 e. The van der Waals surface area contributed by atoms with Gasteiger partial charge in [0.15, 0.2) is 0 Å². The second kappa shape index (κ2) is 11.7. The predicted molar refractivity (Wildman–Crippen MR) is 132 cm³/mol. The van der Waals surface area contributed by atoms with Crippen LogP contribution in [0.15, 0.2) is 48.5 Å². The molecule has 1 atom stereocenters. The van der Waals surface area contributed by atoms with Crippen LogP contribution in [0.5, 0.6) is 0 Å². The Morgan fingerprint density at radius 1 is 0.914 bits per heavy atom. The summed E-state index contributed by atoms with van der Waals surface area (Å²) in [5.74, 6) is -0.620.